The van der Waals surface area contributed by atoms with Crippen LogP contribution in [-0.4, -0.2) is 38.5 Å². The van der Waals surface area contributed by atoms with Gasteiger partial charge >= 0.3 is 0 Å². The Hall–Kier alpha value is -0.160. The molecule has 0 radical (unpaired) electrons. The molecule has 14 heavy (non-hydrogen) atoms. The normalized spacial score (nSPS) is 33.0. The van der Waals surface area contributed by atoms with E-state index in [0.717, 1.165) is 52.1 Å². The Morgan fingerprint density at radius 2 is 0.929 bits per heavy atom. The Morgan fingerprint density at radius 3 is 1.21 bits per heavy atom. The molecular formula is C10H22N2O2. The van der Waals surface area contributed by atoms with Gasteiger partial charge in [-0.05, 0) is 25.7 Å². The first-order valence-corrected chi connectivity index (χ1v) is 5.45. The molecule has 1 rings (SSSR count). The van der Waals surface area contributed by atoms with Gasteiger partial charge in [-0.3, -0.25) is 0 Å². The number of rotatable bonds is 0. The molecule has 1 aliphatic rings. The van der Waals surface area contributed by atoms with Crippen molar-refractivity contribution in [3.05, 3.63) is 0 Å². The van der Waals surface area contributed by atoms with Crippen molar-refractivity contribution < 1.29 is 9.47 Å². The van der Waals surface area contributed by atoms with Crippen LogP contribution in [0, 0.1) is 0 Å². The summed E-state index contributed by atoms with van der Waals surface area (Å²) in [5, 5.41) is 0. The lowest BCUT2D eigenvalue weighted by atomic mass is 10.1. The van der Waals surface area contributed by atoms with E-state index in [1.165, 1.54) is 0 Å². The van der Waals surface area contributed by atoms with E-state index in [2.05, 4.69) is 0 Å². The summed E-state index contributed by atoms with van der Waals surface area (Å²) in [7, 11) is 0. The van der Waals surface area contributed by atoms with Crippen LogP contribution in [0.4, 0.5) is 0 Å². The molecule has 0 saturated carbocycles. The third-order valence-corrected chi connectivity index (χ3v) is 2.53. The molecular weight excluding hydrogens is 180 g/mol. The van der Waals surface area contributed by atoms with Crippen molar-refractivity contribution >= 4 is 0 Å². The van der Waals surface area contributed by atoms with Crippen molar-refractivity contribution in [2.75, 3.05) is 26.4 Å². The van der Waals surface area contributed by atoms with E-state index in [4.69, 9.17) is 20.9 Å². The van der Waals surface area contributed by atoms with Gasteiger partial charge in [-0.15, -0.1) is 0 Å². The van der Waals surface area contributed by atoms with Crippen LogP contribution in [-0.2, 0) is 9.47 Å². The molecule has 4 heteroatoms. The molecule has 0 aromatic rings. The zero-order valence-electron chi connectivity index (χ0n) is 8.78. The largest absolute Gasteiger partial charge is 0.381 e. The van der Waals surface area contributed by atoms with E-state index in [1.807, 2.05) is 0 Å². The SMILES string of the molecule is NC1CCOCCC(N)CCOCC1. The molecule has 4 nitrogen and oxygen atoms in total. The molecule has 0 amide bonds. The fourth-order valence-electron chi connectivity index (χ4n) is 1.43. The van der Waals surface area contributed by atoms with Crippen LogP contribution in [0.2, 0.25) is 0 Å². The van der Waals surface area contributed by atoms with Crippen LogP contribution in [0.1, 0.15) is 25.7 Å². The Morgan fingerprint density at radius 1 is 0.643 bits per heavy atom. The van der Waals surface area contributed by atoms with Crippen LogP contribution in [0.3, 0.4) is 0 Å². The van der Waals surface area contributed by atoms with Gasteiger partial charge < -0.3 is 20.9 Å². The summed E-state index contributed by atoms with van der Waals surface area (Å²) in [5.74, 6) is 0. The first-order valence-electron chi connectivity index (χ1n) is 5.45. The van der Waals surface area contributed by atoms with Crippen LogP contribution < -0.4 is 11.5 Å². The monoisotopic (exact) mass is 202 g/mol. The molecule has 0 aliphatic carbocycles. The van der Waals surface area contributed by atoms with Crippen LogP contribution in [0.5, 0.6) is 0 Å². The zero-order chi connectivity index (χ0) is 10.2. The van der Waals surface area contributed by atoms with E-state index >= 15 is 0 Å². The Kier molecular flexibility index (Phi) is 6.10. The molecule has 84 valence electrons. The van der Waals surface area contributed by atoms with E-state index in [-0.39, 0.29) is 12.1 Å². The number of hydrogen-bond donors (Lipinski definition) is 2. The fourth-order valence-corrected chi connectivity index (χ4v) is 1.43. The number of ether oxygens (including phenoxy) is 2. The second-order valence-electron chi connectivity index (χ2n) is 3.90. The predicted molar refractivity (Wildman–Crippen MR) is 56.1 cm³/mol. The molecule has 0 atom stereocenters. The summed E-state index contributed by atoms with van der Waals surface area (Å²) in [4.78, 5) is 0. The maximum atomic E-state index is 5.86. The fraction of sp³-hybridized carbons (Fsp3) is 1.00. The molecule has 0 aromatic carbocycles. The van der Waals surface area contributed by atoms with Crippen LogP contribution in [0.15, 0.2) is 0 Å². The summed E-state index contributed by atoms with van der Waals surface area (Å²) in [6, 6.07) is 0.422. The second-order valence-corrected chi connectivity index (χ2v) is 3.90. The van der Waals surface area contributed by atoms with E-state index in [0.29, 0.717) is 0 Å². The lowest BCUT2D eigenvalue weighted by Crippen LogP contribution is -2.28. The molecule has 1 fully saturated rings. The predicted octanol–water partition coefficient (Wildman–Crippen LogP) is 0.248. The van der Waals surface area contributed by atoms with Gasteiger partial charge in [-0.25, -0.2) is 0 Å². The average Bonchev–Trinajstić information content (AvgIpc) is 2.14. The Labute approximate surface area is 85.9 Å². The smallest absolute Gasteiger partial charge is 0.0480 e. The van der Waals surface area contributed by atoms with Gasteiger partial charge in [0.25, 0.3) is 0 Å². The lowest BCUT2D eigenvalue weighted by molar-refractivity contribution is 0.0868. The summed E-state index contributed by atoms with van der Waals surface area (Å²) < 4.78 is 10.9. The van der Waals surface area contributed by atoms with Gasteiger partial charge in [0, 0.05) is 38.5 Å². The highest BCUT2D eigenvalue weighted by Crippen LogP contribution is 2.02. The second kappa shape index (κ2) is 7.17. The van der Waals surface area contributed by atoms with Crippen molar-refractivity contribution in [2.45, 2.75) is 37.8 Å². The minimum absolute atomic E-state index is 0.211. The van der Waals surface area contributed by atoms with Crippen molar-refractivity contribution in [3.63, 3.8) is 0 Å². The van der Waals surface area contributed by atoms with Gasteiger partial charge in [0.2, 0.25) is 0 Å². The number of hydrogen-bond acceptors (Lipinski definition) is 4. The van der Waals surface area contributed by atoms with E-state index in [1.54, 1.807) is 0 Å². The Balaban J connectivity index is 2.19. The Bertz CT molecular complexity index is 116. The zero-order valence-corrected chi connectivity index (χ0v) is 8.78. The van der Waals surface area contributed by atoms with Crippen LogP contribution >= 0.6 is 0 Å². The molecule has 0 unspecified atom stereocenters. The third-order valence-electron chi connectivity index (χ3n) is 2.53. The molecule has 0 spiro atoms. The molecule has 1 saturated heterocycles. The topological polar surface area (TPSA) is 70.5 Å². The third kappa shape index (κ3) is 5.54. The van der Waals surface area contributed by atoms with Crippen molar-refractivity contribution in [1.82, 2.24) is 0 Å². The molecule has 0 bridgehead atoms. The molecule has 1 aliphatic heterocycles. The highest BCUT2D eigenvalue weighted by molar-refractivity contribution is 4.64. The summed E-state index contributed by atoms with van der Waals surface area (Å²) in [6.07, 6.45) is 3.66. The number of nitrogens with two attached hydrogens (primary N) is 2. The average molecular weight is 202 g/mol. The molecule has 1 heterocycles. The summed E-state index contributed by atoms with van der Waals surface area (Å²) in [5.41, 5.74) is 11.7. The van der Waals surface area contributed by atoms with Gasteiger partial charge in [-0.1, -0.05) is 0 Å². The minimum atomic E-state index is 0.211. The van der Waals surface area contributed by atoms with E-state index in [9.17, 15) is 0 Å². The highest BCUT2D eigenvalue weighted by atomic mass is 16.5. The van der Waals surface area contributed by atoms with Crippen LogP contribution in [0.25, 0.3) is 0 Å². The first-order chi connectivity index (χ1) is 6.79. The summed E-state index contributed by atoms with van der Waals surface area (Å²) >= 11 is 0. The van der Waals surface area contributed by atoms with E-state index < -0.39 is 0 Å². The van der Waals surface area contributed by atoms with Gasteiger partial charge in [0.1, 0.15) is 0 Å². The first kappa shape index (κ1) is 11.9. The van der Waals surface area contributed by atoms with Gasteiger partial charge in [0.15, 0.2) is 0 Å². The molecule has 4 N–H and O–H groups in total. The van der Waals surface area contributed by atoms with Crippen molar-refractivity contribution in [2.24, 2.45) is 11.5 Å². The van der Waals surface area contributed by atoms with Gasteiger partial charge in [-0.2, -0.15) is 0 Å². The van der Waals surface area contributed by atoms with Crippen molar-refractivity contribution in [1.29, 1.82) is 0 Å². The highest BCUT2D eigenvalue weighted by Gasteiger charge is 2.07. The minimum Gasteiger partial charge on any atom is -0.381 e. The maximum Gasteiger partial charge on any atom is 0.0480 e. The lowest BCUT2D eigenvalue weighted by Gasteiger charge is -2.16. The van der Waals surface area contributed by atoms with Crippen molar-refractivity contribution in [3.8, 4) is 0 Å². The quantitative estimate of drug-likeness (QED) is 0.590. The maximum absolute atomic E-state index is 5.86. The standard InChI is InChI=1S/C10H22N2O2/c11-9-1-5-13-7-3-10(12)4-8-14-6-2-9/h9-10H,1-8,11-12H2. The molecule has 0 aromatic heterocycles. The summed E-state index contributed by atoms with van der Waals surface area (Å²) in [6.45, 7) is 2.98. The van der Waals surface area contributed by atoms with Gasteiger partial charge in [0.05, 0.1) is 0 Å².